The van der Waals surface area contributed by atoms with Gasteiger partial charge in [0.1, 0.15) is 23.8 Å². The molecule has 0 radical (unpaired) electrons. The fourth-order valence-electron chi connectivity index (χ4n) is 1.66. The Morgan fingerprint density at radius 1 is 1.38 bits per heavy atom. The van der Waals surface area contributed by atoms with E-state index in [2.05, 4.69) is 19.9 Å². The van der Waals surface area contributed by atoms with Crippen LogP contribution >= 0.6 is 0 Å². The molecule has 3 heterocycles. The van der Waals surface area contributed by atoms with Crippen molar-refractivity contribution in [3.63, 3.8) is 0 Å². The molecule has 1 saturated heterocycles. The normalized spacial score (nSPS) is 21.4. The number of nitrogens with one attached hydrogen (secondary N) is 1. The minimum Gasteiger partial charge on any atom is -0.382 e. The smallest absolute Gasteiger partial charge is 0.183 e. The van der Waals surface area contributed by atoms with Gasteiger partial charge in [0.05, 0.1) is 19.8 Å². The molecule has 0 unspecified atom stereocenters. The van der Waals surface area contributed by atoms with Crippen LogP contribution in [0.25, 0.3) is 11.2 Å². The van der Waals surface area contributed by atoms with E-state index in [9.17, 15) is 0 Å². The monoisotopic (exact) mass is 221 g/mol. The lowest BCUT2D eigenvalue weighted by atomic mass is 10.3. The molecule has 0 saturated carbocycles. The number of hydrogen-bond donors (Lipinski definition) is 2. The molecule has 7 nitrogen and oxygen atoms in total. The minimum absolute atomic E-state index is 0.178. The second-order valence-corrected chi connectivity index (χ2v) is 3.51. The number of hydrogen-bond acceptors (Lipinski definition) is 6. The van der Waals surface area contributed by atoms with Gasteiger partial charge in [-0.1, -0.05) is 0 Å². The number of rotatable bonds is 1. The number of H-pyrrole nitrogens is 1. The Hall–Kier alpha value is -1.73. The first-order valence-electron chi connectivity index (χ1n) is 5.00. The molecule has 3 N–H and O–H groups in total. The van der Waals surface area contributed by atoms with Crippen LogP contribution in [0.15, 0.2) is 6.33 Å². The quantitative estimate of drug-likeness (QED) is 0.704. The highest BCUT2D eigenvalue weighted by Gasteiger charge is 2.21. The van der Waals surface area contributed by atoms with Crippen LogP contribution < -0.4 is 5.73 Å². The Bertz CT molecular complexity index is 506. The fourth-order valence-corrected chi connectivity index (χ4v) is 1.66. The van der Waals surface area contributed by atoms with Gasteiger partial charge in [-0.25, -0.2) is 15.0 Å². The summed E-state index contributed by atoms with van der Waals surface area (Å²) in [5.74, 6) is 1.07. The van der Waals surface area contributed by atoms with Gasteiger partial charge in [0, 0.05) is 0 Å². The molecule has 1 aliphatic heterocycles. The number of anilines is 1. The van der Waals surface area contributed by atoms with E-state index in [1.807, 2.05) is 0 Å². The Morgan fingerprint density at radius 2 is 2.31 bits per heavy atom. The van der Waals surface area contributed by atoms with E-state index in [1.165, 1.54) is 6.33 Å². The number of fused-ring (bicyclic) bond motifs is 1. The topological polar surface area (TPSA) is 98.9 Å². The predicted molar refractivity (Wildman–Crippen MR) is 55.6 cm³/mol. The molecular formula is C9H11N5O2. The van der Waals surface area contributed by atoms with E-state index < -0.39 is 0 Å². The van der Waals surface area contributed by atoms with Crippen molar-refractivity contribution in [3.05, 3.63) is 12.2 Å². The molecule has 1 fully saturated rings. The Labute approximate surface area is 91.0 Å². The molecule has 0 bridgehead atoms. The maximum absolute atomic E-state index is 5.70. The molecule has 0 amide bonds. The predicted octanol–water partition coefficient (Wildman–Crippen LogP) is 0.0230. The van der Waals surface area contributed by atoms with Gasteiger partial charge in [0.15, 0.2) is 11.5 Å². The number of nitrogen functional groups attached to an aromatic ring is 1. The van der Waals surface area contributed by atoms with Crippen LogP contribution in [0, 0.1) is 0 Å². The van der Waals surface area contributed by atoms with Crippen LogP contribution in [0.2, 0.25) is 0 Å². The summed E-state index contributed by atoms with van der Waals surface area (Å²) in [6.07, 6.45) is 1.21. The van der Waals surface area contributed by atoms with Crippen molar-refractivity contribution < 1.29 is 9.47 Å². The third-order valence-corrected chi connectivity index (χ3v) is 2.46. The second-order valence-electron chi connectivity index (χ2n) is 3.51. The summed E-state index contributed by atoms with van der Waals surface area (Å²) in [5, 5.41) is 0. The molecule has 1 atom stereocenters. The van der Waals surface area contributed by atoms with Crippen LogP contribution in [-0.4, -0.2) is 39.8 Å². The number of aromatic amines is 1. The number of imidazole rings is 1. The summed E-state index contributed by atoms with van der Waals surface area (Å²) < 4.78 is 10.8. The van der Waals surface area contributed by atoms with Crippen LogP contribution in [0.5, 0.6) is 0 Å². The van der Waals surface area contributed by atoms with Crippen LogP contribution in [0.3, 0.4) is 0 Å². The van der Waals surface area contributed by atoms with Gasteiger partial charge < -0.3 is 20.2 Å². The van der Waals surface area contributed by atoms with E-state index in [0.29, 0.717) is 42.6 Å². The van der Waals surface area contributed by atoms with E-state index in [-0.39, 0.29) is 6.10 Å². The molecule has 2 aromatic rings. The molecule has 0 aliphatic carbocycles. The van der Waals surface area contributed by atoms with Gasteiger partial charge in [-0.2, -0.15) is 0 Å². The molecule has 84 valence electrons. The zero-order valence-electron chi connectivity index (χ0n) is 8.51. The van der Waals surface area contributed by atoms with Crippen molar-refractivity contribution in [1.29, 1.82) is 0 Å². The van der Waals surface area contributed by atoms with Crippen molar-refractivity contribution in [2.75, 3.05) is 25.6 Å². The standard InChI is InChI=1S/C9H11N5O2/c10-7-6-9(12-4-11-7)14-8(13-6)5-3-15-1-2-16-5/h4-5H,1-3H2,(H3,10,11,12,13,14)/t5-/m0/s1. The molecular weight excluding hydrogens is 210 g/mol. The van der Waals surface area contributed by atoms with Gasteiger partial charge in [0.2, 0.25) is 0 Å². The summed E-state index contributed by atoms with van der Waals surface area (Å²) >= 11 is 0. The first-order valence-corrected chi connectivity index (χ1v) is 5.00. The lowest BCUT2D eigenvalue weighted by Gasteiger charge is -2.20. The molecule has 3 rings (SSSR count). The van der Waals surface area contributed by atoms with Crippen molar-refractivity contribution in [1.82, 2.24) is 19.9 Å². The Morgan fingerprint density at radius 3 is 3.06 bits per heavy atom. The highest BCUT2D eigenvalue weighted by atomic mass is 16.6. The van der Waals surface area contributed by atoms with Gasteiger partial charge in [-0.15, -0.1) is 0 Å². The summed E-state index contributed by atoms with van der Waals surface area (Å²) in [4.78, 5) is 15.3. The van der Waals surface area contributed by atoms with E-state index in [0.717, 1.165) is 0 Å². The Balaban J connectivity index is 2.01. The average Bonchev–Trinajstić information content (AvgIpc) is 2.76. The van der Waals surface area contributed by atoms with Crippen LogP contribution in [-0.2, 0) is 9.47 Å². The van der Waals surface area contributed by atoms with E-state index in [4.69, 9.17) is 15.2 Å². The fraction of sp³-hybridized carbons (Fsp3) is 0.444. The molecule has 2 aromatic heterocycles. The molecule has 7 heteroatoms. The van der Waals surface area contributed by atoms with Gasteiger partial charge >= 0.3 is 0 Å². The zero-order valence-corrected chi connectivity index (χ0v) is 8.51. The third-order valence-electron chi connectivity index (χ3n) is 2.46. The second kappa shape index (κ2) is 3.69. The van der Waals surface area contributed by atoms with Gasteiger partial charge in [-0.3, -0.25) is 0 Å². The first-order chi connectivity index (χ1) is 7.84. The third kappa shape index (κ3) is 1.50. The number of nitrogens with two attached hydrogens (primary N) is 1. The van der Waals surface area contributed by atoms with Crippen molar-refractivity contribution in [3.8, 4) is 0 Å². The molecule has 16 heavy (non-hydrogen) atoms. The molecule has 0 spiro atoms. The molecule has 1 aliphatic rings. The van der Waals surface area contributed by atoms with Crippen molar-refractivity contribution >= 4 is 17.0 Å². The highest BCUT2D eigenvalue weighted by molar-refractivity contribution is 5.81. The summed E-state index contributed by atoms with van der Waals surface area (Å²) in [5.41, 5.74) is 6.90. The van der Waals surface area contributed by atoms with Crippen LogP contribution in [0.1, 0.15) is 11.9 Å². The lowest BCUT2D eigenvalue weighted by molar-refractivity contribution is -0.0931. The average molecular weight is 221 g/mol. The summed E-state index contributed by atoms with van der Waals surface area (Å²) in [6, 6.07) is 0. The SMILES string of the molecule is Nc1ncnc2nc([C@@H]3COCCO3)[nH]c12. The van der Waals surface area contributed by atoms with Gasteiger partial charge in [0.25, 0.3) is 0 Å². The van der Waals surface area contributed by atoms with Crippen LogP contribution in [0.4, 0.5) is 5.82 Å². The van der Waals surface area contributed by atoms with E-state index in [1.54, 1.807) is 0 Å². The Kier molecular flexibility index (Phi) is 2.19. The van der Waals surface area contributed by atoms with E-state index >= 15 is 0 Å². The number of ether oxygens (including phenoxy) is 2. The van der Waals surface area contributed by atoms with Gasteiger partial charge in [-0.05, 0) is 0 Å². The van der Waals surface area contributed by atoms with Crippen molar-refractivity contribution in [2.24, 2.45) is 0 Å². The number of nitrogens with zero attached hydrogens (tertiary/aromatic N) is 3. The maximum Gasteiger partial charge on any atom is 0.183 e. The maximum atomic E-state index is 5.70. The summed E-state index contributed by atoms with van der Waals surface area (Å²) in [6.45, 7) is 1.69. The summed E-state index contributed by atoms with van der Waals surface area (Å²) in [7, 11) is 0. The number of aromatic nitrogens is 4. The first kappa shape index (κ1) is 9.49. The molecule has 0 aromatic carbocycles. The largest absolute Gasteiger partial charge is 0.382 e. The zero-order chi connectivity index (χ0) is 11.0. The minimum atomic E-state index is -0.178. The van der Waals surface area contributed by atoms with Crippen molar-refractivity contribution in [2.45, 2.75) is 6.10 Å². The highest BCUT2D eigenvalue weighted by Crippen LogP contribution is 2.21. The lowest BCUT2D eigenvalue weighted by Crippen LogP contribution is -2.22.